The zero-order valence-electron chi connectivity index (χ0n) is 8.83. The van der Waals surface area contributed by atoms with Gasteiger partial charge in [0.25, 0.3) is 0 Å². The average molecular weight is 198 g/mol. The molecule has 4 amide bonds. The lowest BCUT2D eigenvalue weighted by Crippen LogP contribution is -2.38. The van der Waals surface area contributed by atoms with Crippen LogP contribution in [0.5, 0.6) is 0 Å². The van der Waals surface area contributed by atoms with E-state index in [0.29, 0.717) is 0 Å². The number of imide groups is 2. The fourth-order valence-corrected chi connectivity index (χ4v) is 1.23. The summed E-state index contributed by atoms with van der Waals surface area (Å²) >= 11 is 0. The molecule has 0 spiro atoms. The molecule has 1 rings (SSSR count). The zero-order valence-corrected chi connectivity index (χ0v) is 8.83. The first kappa shape index (κ1) is 10.7. The van der Waals surface area contributed by atoms with Gasteiger partial charge in [0.15, 0.2) is 0 Å². The van der Waals surface area contributed by atoms with Crippen molar-refractivity contribution >= 4 is 17.8 Å². The third-order valence-corrected chi connectivity index (χ3v) is 1.88. The van der Waals surface area contributed by atoms with E-state index in [-0.39, 0.29) is 12.0 Å². The lowest BCUT2D eigenvalue weighted by atomic mass is 9.96. The Hall–Kier alpha value is -1.39. The predicted octanol–water partition coefficient (Wildman–Crippen LogP) is 0.453. The van der Waals surface area contributed by atoms with E-state index >= 15 is 0 Å². The van der Waals surface area contributed by atoms with Crippen LogP contribution in [0.1, 0.15) is 20.8 Å². The van der Waals surface area contributed by atoms with Gasteiger partial charge in [0.2, 0.25) is 0 Å². The van der Waals surface area contributed by atoms with Gasteiger partial charge in [-0.25, -0.2) is 4.79 Å². The van der Waals surface area contributed by atoms with Crippen molar-refractivity contribution in [2.75, 3.05) is 13.6 Å². The molecule has 5 heteroatoms. The number of urea groups is 1. The molecule has 78 valence electrons. The van der Waals surface area contributed by atoms with Gasteiger partial charge in [-0.3, -0.25) is 19.4 Å². The van der Waals surface area contributed by atoms with Crippen molar-refractivity contribution in [2.24, 2.45) is 5.41 Å². The van der Waals surface area contributed by atoms with E-state index in [4.69, 9.17) is 0 Å². The first-order valence-corrected chi connectivity index (χ1v) is 4.37. The maximum atomic E-state index is 11.4. The van der Waals surface area contributed by atoms with Crippen LogP contribution in [-0.4, -0.2) is 41.2 Å². The summed E-state index contributed by atoms with van der Waals surface area (Å²) in [5.41, 5.74) is -0.198. The summed E-state index contributed by atoms with van der Waals surface area (Å²) in [5.74, 6) is -1.48. The Morgan fingerprint density at radius 3 is 1.86 bits per heavy atom. The summed E-state index contributed by atoms with van der Waals surface area (Å²) in [6.45, 7) is 5.96. The highest BCUT2D eigenvalue weighted by Gasteiger charge is 2.43. The molecule has 1 heterocycles. The Bertz CT molecular complexity index is 304. The number of carbonyl (C=O) groups is 3. The number of hydrogen-bond acceptors (Lipinski definition) is 3. The molecule has 0 N–H and O–H groups in total. The lowest BCUT2D eigenvalue weighted by molar-refractivity contribution is -0.143. The number of likely N-dealkylation sites (N-methyl/N-ethyl adjacent to an activating group) is 1. The van der Waals surface area contributed by atoms with Gasteiger partial charge < -0.3 is 0 Å². The fraction of sp³-hybridized carbons (Fsp3) is 0.667. The van der Waals surface area contributed by atoms with E-state index in [1.807, 2.05) is 20.8 Å². The minimum Gasteiger partial charge on any atom is -0.263 e. The van der Waals surface area contributed by atoms with Gasteiger partial charge in [0.1, 0.15) is 0 Å². The van der Waals surface area contributed by atoms with Crippen LogP contribution < -0.4 is 0 Å². The summed E-state index contributed by atoms with van der Waals surface area (Å²) < 4.78 is 0. The largest absolute Gasteiger partial charge is 0.333 e. The van der Waals surface area contributed by atoms with Crippen LogP contribution in [-0.2, 0) is 9.59 Å². The summed E-state index contributed by atoms with van der Waals surface area (Å²) in [6.07, 6.45) is 0. The Balaban J connectivity index is 2.86. The molecule has 14 heavy (non-hydrogen) atoms. The quantitative estimate of drug-likeness (QED) is 0.454. The van der Waals surface area contributed by atoms with Gasteiger partial charge >= 0.3 is 17.8 Å². The monoisotopic (exact) mass is 198 g/mol. The molecule has 0 aliphatic carbocycles. The third-order valence-electron chi connectivity index (χ3n) is 1.88. The van der Waals surface area contributed by atoms with Gasteiger partial charge in [-0.1, -0.05) is 20.8 Å². The van der Waals surface area contributed by atoms with Crippen LogP contribution in [0.15, 0.2) is 0 Å². The van der Waals surface area contributed by atoms with E-state index in [2.05, 4.69) is 0 Å². The zero-order chi connectivity index (χ0) is 11.1. The number of nitrogens with zero attached hydrogens (tertiary/aromatic N) is 2. The lowest BCUT2D eigenvalue weighted by Gasteiger charge is -2.23. The van der Waals surface area contributed by atoms with E-state index in [1.54, 1.807) is 0 Å². The van der Waals surface area contributed by atoms with Crippen molar-refractivity contribution in [3.63, 3.8) is 0 Å². The van der Waals surface area contributed by atoms with Crippen molar-refractivity contribution in [1.82, 2.24) is 9.80 Å². The standard InChI is InChI=1S/C9H14N2O3/c1-9(2,3)5-11-7(13)6(12)10(4)8(11)14/h5H2,1-4H3. The minimum absolute atomic E-state index is 0.198. The van der Waals surface area contributed by atoms with Gasteiger partial charge in [-0.05, 0) is 5.41 Å². The van der Waals surface area contributed by atoms with Crippen LogP contribution >= 0.6 is 0 Å². The molecule has 5 nitrogen and oxygen atoms in total. The van der Waals surface area contributed by atoms with E-state index in [9.17, 15) is 14.4 Å². The second-order valence-corrected chi connectivity index (χ2v) is 4.60. The van der Waals surface area contributed by atoms with Crippen molar-refractivity contribution in [2.45, 2.75) is 20.8 Å². The second kappa shape index (κ2) is 3.08. The Kier molecular flexibility index (Phi) is 2.35. The van der Waals surface area contributed by atoms with Crippen molar-refractivity contribution < 1.29 is 14.4 Å². The Morgan fingerprint density at radius 1 is 1.07 bits per heavy atom. The first-order chi connectivity index (χ1) is 6.24. The molecule has 1 fully saturated rings. The van der Waals surface area contributed by atoms with E-state index in [0.717, 1.165) is 9.80 Å². The fourth-order valence-electron chi connectivity index (χ4n) is 1.23. The summed E-state index contributed by atoms with van der Waals surface area (Å²) in [6, 6.07) is -0.532. The summed E-state index contributed by atoms with van der Waals surface area (Å²) in [5, 5.41) is 0. The van der Waals surface area contributed by atoms with E-state index in [1.165, 1.54) is 7.05 Å². The molecule has 0 aromatic heterocycles. The third kappa shape index (κ3) is 1.76. The van der Waals surface area contributed by atoms with Gasteiger partial charge in [-0.15, -0.1) is 0 Å². The molecule has 1 aliphatic rings. The molecule has 1 aliphatic heterocycles. The number of carbonyl (C=O) groups excluding carboxylic acids is 3. The van der Waals surface area contributed by atoms with Gasteiger partial charge in [-0.2, -0.15) is 0 Å². The van der Waals surface area contributed by atoms with Crippen LogP contribution in [0.2, 0.25) is 0 Å². The first-order valence-electron chi connectivity index (χ1n) is 4.37. The molecule has 0 unspecified atom stereocenters. The Morgan fingerprint density at radius 2 is 1.57 bits per heavy atom. The topological polar surface area (TPSA) is 57.7 Å². The van der Waals surface area contributed by atoms with Crippen molar-refractivity contribution in [3.8, 4) is 0 Å². The van der Waals surface area contributed by atoms with Crippen LogP contribution in [0, 0.1) is 5.41 Å². The molecule has 0 bridgehead atoms. The van der Waals surface area contributed by atoms with E-state index < -0.39 is 17.8 Å². The average Bonchev–Trinajstić information content (AvgIpc) is 2.20. The SMILES string of the molecule is CN1C(=O)C(=O)N(CC(C)(C)C)C1=O. The molecular formula is C9H14N2O3. The summed E-state index contributed by atoms with van der Waals surface area (Å²) in [4.78, 5) is 35.7. The highest BCUT2D eigenvalue weighted by atomic mass is 16.2. The highest BCUT2D eigenvalue weighted by Crippen LogP contribution is 2.19. The van der Waals surface area contributed by atoms with Crippen LogP contribution in [0.4, 0.5) is 4.79 Å². The predicted molar refractivity (Wildman–Crippen MR) is 49.3 cm³/mol. The molecular weight excluding hydrogens is 184 g/mol. The number of amides is 4. The Labute approximate surface area is 82.7 Å². The maximum Gasteiger partial charge on any atom is 0.333 e. The van der Waals surface area contributed by atoms with Crippen LogP contribution in [0.25, 0.3) is 0 Å². The van der Waals surface area contributed by atoms with Crippen molar-refractivity contribution in [3.05, 3.63) is 0 Å². The molecule has 1 saturated heterocycles. The molecule has 0 radical (unpaired) electrons. The highest BCUT2D eigenvalue weighted by molar-refractivity contribution is 6.44. The normalized spacial score (nSPS) is 18.4. The maximum absolute atomic E-state index is 11.4. The molecule has 0 atom stereocenters. The molecule has 0 saturated carbocycles. The van der Waals surface area contributed by atoms with Gasteiger partial charge in [0, 0.05) is 13.6 Å². The van der Waals surface area contributed by atoms with Gasteiger partial charge in [0.05, 0.1) is 0 Å². The summed E-state index contributed by atoms with van der Waals surface area (Å²) in [7, 11) is 1.31. The number of rotatable bonds is 1. The van der Waals surface area contributed by atoms with Crippen molar-refractivity contribution in [1.29, 1.82) is 0 Å². The number of hydrogen-bond donors (Lipinski definition) is 0. The smallest absolute Gasteiger partial charge is 0.263 e. The molecule has 0 aromatic rings. The second-order valence-electron chi connectivity index (χ2n) is 4.60. The minimum atomic E-state index is -0.751. The molecule has 0 aromatic carbocycles. The van der Waals surface area contributed by atoms with Crippen LogP contribution in [0.3, 0.4) is 0 Å².